The molecule has 0 radical (unpaired) electrons. The van der Waals surface area contributed by atoms with Crippen LogP contribution in [0.15, 0.2) is 35.1 Å². The second-order valence-electron chi connectivity index (χ2n) is 4.03. The van der Waals surface area contributed by atoms with E-state index in [4.69, 9.17) is 0 Å². The second kappa shape index (κ2) is 5.36. The molecule has 2 rings (SSSR count). The van der Waals surface area contributed by atoms with Crippen LogP contribution < -0.4 is 5.32 Å². The zero-order chi connectivity index (χ0) is 12.3. The lowest BCUT2D eigenvalue weighted by molar-refractivity contribution is 0.660. The van der Waals surface area contributed by atoms with Crippen molar-refractivity contribution in [2.75, 3.05) is 5.32 Å². The van der Waals surface area contributed by atoms with Gasteiger partial charge in [-0.05, 0) is 31.0 Å². The summed E-state index contributed by atoms with van der Waals surface area (Å²) < 4.78 is 3.06. The Morgan fingerprint density at radius 2 is 2.24 bits per heavy atom. The van der Waals surface area contributed by atoms with Crippen LogP contribution in [-0.2, 0) is 13.1 Å². The van der Waals surface area contributed by atoms with Gasteiger partial charge in [0.2, 0.25) is 0 Å². The van der Waals surface area contributed by atoms with Crippen LogP contribution in [0.5, 0.6) is 0 Å². The SMILES string of the molecule is CCn1cc(NCc2ccc(C)cc2Br)cn1. The maximum Gasteiger partial charge on any atom is 0.0729 e. The average molecular weight is 294 g/mol. The molecule has 0 amide bonds. The van der Waals surface area contributed by atoms with Gasteiger partial charge in [-0.25, -0.2) is 0 Å². The number of nitrogens with zero attached hydrogens (tertiary/aromatic N) is 2. The van der Waals surface area contributed by atoms with Crippen LogP contribution in [0.3, 0.4) is 0 Å². The Balaban J connectivity index is 2.02. The summed E-state index contributed by atoms with van der Waals surface area (Å²) in [7, 11) is 0. The highest BCUT2D eigenvalue weighted by Gasteiger charge is 2.01. The highest BCUT2D eigenvalue weighted by Crippen LogP contribution is 2.19. The molecular formula is C13H16BrN3. The molecule has 2 aromatic rings. The zero-order valence-electron chi connectivity index (χ0n) is 10.1. The van der Waals surface area contributed by atoms with E-state index in [9.17, 15) is 0 Å². The van der Waals surface area contributed by atoms with Crippen LogP contribution in [0.4, 0.5) is 5.69 Å². The number of aryl methyl sites for hydroxylation is 2. The lowest BCUT2D eigenvalue weighted by Gasteiger charge is -2.06. The zero-order valence-corrected chi connectivity index (χ0v) is 11.7. The average Bonchev–Trinajstić information content (AvgIpc) is 2.76. The molecule has 1 N–H and O–H groups in total. The van der Waals surface area contributed by atoms with Gasteiger partial charge < -0.3 is 5.32 Å². The molecule has 0 atom stereocenters. The number of hydrogen-bond acceptors (Lipinski definition) is 2. The summed E-state index contributed by atoms with van der Waals surface area (Å²) in [6, 6.07) is 6.39. The number of hydrogen-bond donors (Lipinski definition) is 1. The third kappa shape index (κ3) is 3.09. The molecule has 17 heavy (non-hydrogen) atoms. The maximum absolute atomic E-state index is 4.23. The van der Waals surface area contributed by atoms with Gasteiger partial charge in [0.1, 0.15) is 0 Å². The van der Waals surface area contributed by atoms with Crippen molar-refractivity contribution in [2.45, 2.75) is 26.9 Å². The third-order valence-electron chi connectivity index (χ3n) is 2.65. The summed E-state index contributed by atoms with van der Waals surface area (Å²) >= 11 is 3.58. The molecule has 1 aromatic heterocycles. The van der Waals surface area contributed by atoms with Gasteiger partial charge in [0.25, 0.3) is 0 Å². The van der Waals surface area contributed by atoms with Gasteiger partial charge in [-0.15, -0.1) is 0 Å². The van der Waals surface area contributed by atoms with E-state index in [-0.39, 0.29) is 0 Å². The van der Waals surface area contributed by atoms with Crippen LogP contribution in [0.1, 0.15) is 18.1 Å². The largest absolute Gasteiger partial charge is 0.378 e. The van der Waals surface area contributed by atoms with Gasteiger partial charge in [-0.1, -0.05) is 28.1 Å². The van der Waals surface area contributed by atoms with E-state index in [1.165, 1.54) is 11.1 Å². The van der Waals surface area contributed by atoms with Gasteiger partial charge in [-0.2, -0.15) is 5.10 Å². The molecule has 0 spiro atoms. The molecule has 4 heteroatoms. The fraction of sp³-hybridized carbons (Fsp3) is 0.308. The van der Waals surface area contributed by atoms with Gasteiger partial charge >= 0.3 is 0 Å². The molecule has 0 saturated heterocycles. The minimum Gasteiger partial charge on any atom is -0.378 e. The van der Waals surface area contributed by atoms with Crippen molar-refractivity contribution < 1.29 is 0 Å². The summed E-state index contributed by atoms with van der Waals surface area (Å²) in [5, 5.41) is 7.59. The number of rotatable bonds is 4. The van der Waals surface area contributed by atoms with E-state index in [1.54, 1.807) is 0 Å². The quantitative estimate of drug-likeness (QED) is 0.934. The summed E-state index contributed by atoms with van der Waals surface area (Å²) in [6.07, 6.45) is 3.87. The second-order valence-corrected chi connectivity index (χ2v) is 4.89. The molecule has 0 unspecified atom stereocenters. The van der Waals surface area contributed by atoms with Gasteiger partial charge in [0.15, 0.2) is 0 Å². The van der Waals surface area contributed by atoms with Crippen molar-refractivity contribution >= 4 is 21.6 Å². The normalized spacial score (nSPS) is 10.5. The minimum absolute atomic E-state index is 0.802. The van der Waals surface area contributed by atoms with E-state index < -0.39 is 0 Å². The van der Waals surface area contributed by atoms with Crippen LogP contribution in [-0.4, -0.2) is 9.78 Å². The number of benzene rings is 1. The molecule has 90 valence electrons. The lowest BCUT2D eigenvalue weighted by Crippen LogP contribution is -1.99. The van der Waals surface area contributed by atoms with E-state index in [2.05, 4.69) is 58.4 Å². The first-order valence-corrected chi connectivity index (χ1v) is 6.49. The molecule has 3 nitrogen and oxygen atoms in total. The Morgan fingerprint density at radius 3 is 2.88 bits per heavy atom. The summed E-state index contributed by atoms with van der Waals surface area (Å²) in [6.45, 7) is 5.87. The molecule has 0 bridgehead atoms. The van der Waals surface area contributed by atoms with E-state index in [1.807, 2.05) is 17.1 Å². The minimum atomic E-state index is 0.802. The number of aromatic nitrogens is 2. The van der Waals surface area contributed by atoms with Gasteiger partial charge in [0, 0.05) is 23.8 Å². The Hall–Kier alpha value is -1.29. The number of nitrogens with one attached hydrogen (secondary N) is 1. The Morgan fingerprint density at radius 1 is 1.41 bits per heavy atom. The van der Waals surface area contributed by atoms with E-state index >= 15 is 0 Å². The first kappa shape index (κ1) is 12.2. The standard InChI is InChI=1S/C13H16BrN3/c1-3-17-9-12(8-16-17)15-7-11-5-4-10(2)6-13(11)14/h4-6,8-9,15H,3,7H2,1-2H3. The van der Waals surface area contributed by atoms with Crippen molar-refractivity contribution in [2.24, 2.45) is 0 Å². The molecule has 1 aromatic carbocycles. The predicted octanol–water partition coefficient (Wildman–Crippen LogP) is 3.59. The van der Waals surface area contributed by atoms with Crippen molar-refractivity contribution in [3.63, 3.8) is 0 Å². The molecular weight excluding hydrogens is 278 g/mol. The summed E-state index contributed by atoms with van der Waals surface area (Å²) in [5.41, 5.74) is 3.57. The van der Waals surface area contributed by atoms with Crippen molar-refractivity contribution in [3.05, 3.63) is 46.2 Å². The first-order chi connectivity index (χ1) is 8.19. The smallest absolute Gasteiger partial charge is 0.0729 e. The van der Waals surface area contributed by atoms with Gasteiger partial charge in [0.05, 0.1) is 11.9 Å². The van der Waals surface area contributed by atoms with Crippen molar-refractivity contribution in [1.82, 2.24) is 9.78 Å². The highest BCUT2D eigenvalue weighted by atomic mass is 79.9. The molecule has 0 aliphatic heterocycles. The summed E-state index contributed by atoms with van der Waals surface area (Å²) in [4.78, 5) is 0. The van der Waals surface area contributed by atoms with E-state index in [0.29, 0.717) is 0 Å². The fourth-order valence-electron chi connectivity index (χ4n) is 1.62. The van der Waals surface area contributed by atoms with E-state index in [0.717, 1.165) is 23.2 Å². The van der Waals surface area contributed by atoms with Crippen molar-refractivity contribution in [1.29, 1.82) is 0 Å². The highest BCUT2D eigenvalue weighted by molar-refractivity contribution is 9.10. The Labute approximate surface area is 110 Å². The lowest BCUT2D eigenvalue weighted by atomic mass is 10.1. The molecule has 0 aliphatic rings. The first-order valence-electron chi connectivity index (χ1n) is 5.70. The van der Waals surface area contributed by atoms with Crippen LogP contribution in [0, 0.1) is 6.92 Å². The third-order valence-corrected chi connectivity index (χ3v) is 3.39. The maximum atomic E-state index is 4.23. The Kier molecular flexibility index (Phi) is 3.84. The monoisotopic (exact) mass is 293 g/mol. The fourth-order valence-corrected chi connectivity index (χ4v) is 2.25. The van der Waals surface area contributed by atoms with Crippen LogP contribution in [0.25, 0.3) is 0 Å². The molecule has 0 aliphatic carbocycles. The Bertz CT molecular complexity index is 505. The molecule has 0 fully saturated rings. The molecule has 1 heterocycles. The predicted molar refractivity (Wildman–Crippen MR) is 74.1 cm³/mol. The molecule has 0 saturated carbocycles. The topological polar surface area (TPSA) is 29.9 Å². The van der Waals surface area contributed by atoms with Gasteiger partial charge in [-0.3, -0.25) is 4.68 Å². The summed E-state index contributed by atoms with van der Waals surface area (Å²) in [5.74, 6) is 0. The van der Waals surface area contributed by atoms with Crippen LogP contribution >= 0.6 is 15.9 Å². The van der Waals surface area contributed by atoms with Crippen LogP contribution in [0.2, 0.25) is 0 Å². The van der Waals surface area contributed by atoms with Crippen molar-refractivity contribution in [3.8, 4) is 0 Å². The number of halogens is 1. The number of anilines is 1.